The average Bonchev–Trinajstić information content (AvgIpc) is 2.83. The van der Waals surface area contributed by atoms with E-state index < -0.39 is 0 Å². The average molecular weight is 307 g/mol. The van der Waals surface area contributed by atoms with Crippen molar-refractivity contribution < 1.29 is 0 Å². The zero-order chi connectivity index (χ0) is 15.5. The molecule has 21 heavy (non-hydrogen) atoms. The fourth-order valence-electron chi connectivity index (χ4n) is 2.33. The first-order valence-corrected chi connectivity index (χ1v) is 7.60. The van der Waals surface area contributed by atoms with E-state index >= 15 is 0 Å². The highest BCUT2D eigenvalue weighted by Crippen LogP contribution is 2.33. The lowest BCUT2D eigenvalue weighted by atomic mass is 9.91. The lowest BCUT2D eigenvalue weighted by molar-refractivity contribution is 0.545. The highest BCUT2D eigenvalue weighted by Gasteiger charge is 2.25. The summed E-state index contributed by atoms with van der Waals surface area (Å²) >= 11 is 6.32. The molecule has 114 valence electrons. The Bertz CT molecular complexity index is 599. The van der Waals surface area contributed by atoms with Crippen LogP contribution in [0.25, 0.3) is 5.69 Å². The minimum absolute atomic E-state index is 0.0548. The molecule has 1 aromatic carbocycles. The lowest BCUT2D eigenvalue weighted by Crippen LogP contribution is -2.20. The Kier molecular flexibility index (Phi) is 4.91. The monoisotopic (exact) mass is 306 g/mol. The molecule has 0 saturated heterocycles. The zero-order valence-electron chi connectivity index (χ0n) is 12.9. The van der Waals surface area contributed by atoms with Crippen LogP contribution in [0, 0.1) is 0 Å². The molecule has 3 N–H and O–H groups in total. The van der Waals surface area contributed by atoms with Crippen molar-refractivity contribution in [1.82, 2.24) is 9.78 Å². The maximum atomic E-state index is 6.32. The molecule has 1 heterocycles. The van der Waals surface area contributed by atoms with E-state index in [1.54, 1.807) is 0 Å². The Morgan fingerprint density at radius 3 is 2.62 bits per heavy atom. The standard InChI is InChI=1S/C16H23ClN4/c1-16(2,3)15-13(19-10-6-9-18)11-20-21(15)14-8-5-4-7-12(14)17/h4-5,7-8,11,19H,6,9-10,18H2,1-3H3. The van der Waals surface area contributed by atoms with Crippen LogP contribution in [0.5, 0.6) is 0 Å². The van der Waals surface area contributed by atoms with E-state index in [4.69, 9.17) is 17.3 Å². The van der Waals surface area contributed by atoms with Crippen LogP contribution < -0.4 is 11.1 Å². The first kappa shape index (κ1) is 15.9. The molecule has 0 unspecified atom stereocenters. The number of nitrogens with two attached hydrogens (primary N) is 1. The van der Waals surface area contributed by atoms with E-state index in [9.17, 15) is 0 Å². The van der Waals surface area contributed by atoms with E-state index in [-0.39, 0.29) is 5.41 Å². The van der Waals surface area contributed by atoms with Gasteiger partial charge in [-0.3, -0.25) is 0 Å². The highest BCUT2D eigenvalue weighted by atomic mass is 35.5. The van der Waals surface area contributed by atoms with Gasteiger partial charge < -0.3 is 11.1 Å². The van der Waals surface area contributed by atoms with E-state index in [2.05, 4.69) is 31.2 Å². The van der Waals surface area contributed by atoms with Crippen molar-refractivity contribution in [1.29, 1.82) is 0 Å². The number of hydrogen-bond acceptors (Lipinski definition) is 3. The van der Waals surface area contributed by atoms with Gasteiger partial charge in [0.25, 0.3) is 0 Å². The van der Waals surface area contributed by atoms with E-state index in [1.807, 2.05) is 35.1 Å². The van der Waals surface area contributed by atoms with Gasteiger partial charge in [-0.05, 0) is 25.1 Å². The van der Waals surface area contributed by atoms with Crippen molar-refractivity contribution in [2.45, 2.75) is 32.6 Å². The lowest BCUT2D eigenvalue weighted by Gasteiger charge is -2.23. The number of rotatable bonds is 5. The smallest absolute Gasteiger partial charge is 0.0836 e. The van der Waals surface area contributed by atoms with Crippen LogP contribution in [0.2, 0.25) is 5.02 Å². The van der Waals surface area contributed by atoms with Crippen molar-refractivity contribution in [2.75, 3.05) is 18.4 Å². The van der Waals surface area contributed by atoms with Crippen molar-refractivity contribution in [2.24, 2.45) is 5.73 Å². The summed E-state index contributed by atoms with van der Waals surface area (Å²) in [7, 11) is 0. The Morgan fingerprint density at radius 1 is 1.29 bits per heavy atom. The zero-order valence-corrected chi connectivity index (χ0v) is 13.6. The molecule has 0 fully saturated rings. The van der Waals surface area contributed by atoms with Gasteiger partial charge in [-0.2, -0.15) is 5.10 Å². The predicted molar refractivity (Wildman–Crippen MR) is 89.4 cm³/mol. The second-order valence-electron chi connectivity index (χ2n) is 6.09. The summed E-state index contributed by atoms with van der Waals surface area (Å²) in [5, 5.41) is 8.65. The van der Waals surface area contributed by atoms with Crippen molar-refractivity contribution >= 4 is 17.3 Å². The van der Waals surface area contributed by atoms with Crippen LogP contribution in [0.15, 0.2) is 30.5 Å². The van der Waals surface area contributed by atoms with Gasteiger partial charge in [0.15, 0.2) is 0 Å². The molecular formula is C16H23ClN4. The molecule has 0 aliphatic heterocycles. The van der Waals surface area contributed by atoms with Crippen LogP contribution in [0.1, 0.15) is 32.9 Å². The fraction of sp³-hybridized carbons (Fsp3) is 0.438. The van der Waals surface area contributed by atoms with Gasteiger partial charge in [-0.15, -0.1) is 0 Å². The van der Waals surface area contributed by atoms with Gasteiger partial charge in [-0.1, -0.05) is 44.5 Å². The largest absolute Gasteiger partial charge is 0.382 e. The number of hydrogen-bond donors (Lipinski definition) is 2. The molecule has 2 aromatic rings. The Balaban J connectivity index is 2.45. The van der Waals surface area contributed by atoms with Gasteiger partial charge in [0.05, 0.1) is 28.3 Å². The van der Waals surface area contributed by atoms with Crippen molar-refractivity contribution in [3.63, 3.8) is 0 Å². The molecular weight excluding hydrogens is 284 g/mol. The summed E-state index contributed by atoms with van der Waals surface area (Å²) in [6.45, 7) is 8.03. The van der Waals surface area contributed by atoms with Gasteiger partial charge in [0.2, 0.25) is 0 Å². The minimum atomic E-state index is -0.0548. The third-order valence-corrected chi connectivity index (χ3v) is 3.58. The molecule has 0 aliphatic carbocycles. The van der Waals surface area contributed by atoms with E-state index in [1.165, 1.54) is 0 Å². The normalized spacial score (nSPS) is 11.7. The van der Waals surface area contributed by atoms with Gasteiger partial charge >= 0.3 is 0 Å². The van der Waals surface area contributed by atoms with Crippen molar-refractivity contribution in [3.05, 3.63) is 41.2 Å². The van der Waals surface area contributed by atoms with Crippen LogP contribution in [-0.2, 0) is 5.41 Å². The van der Waals surface area contributed by atoms with Gasteiger partial charge in [0, 0.05) is 12.0 Å². The third kappa shape index (κ3) is 3.57. The Morgan fingerprint density at radius 2 is 2.00 bits per heavy atom. The highest BCUT2D eigenvalue weighted by molar-refractivity contribution is 6.32. The molecule has 0 radical (unpaired) electrons. The van der Waals surface area contributed by atoms with Gasteiger partial charge in [0.1, 0.15) is 0 Å². The quantitative estimate of drug-likeness (QED) is 0.830. The number of anilines is 1. The second kappa shape index (κ2) is 6.50. The second-order valence-corrected chi connectivity index (χ2v) is 6.50. The molecule has 0 atom stereocenters. The molecule has 0 spiro atoms. The minimum Gasteiger partial charge on any atom is -0.382 e. The summed E-state index contributed by atoms with van der Waals surface area (Å²) < 4.78 is 1.92. The first-order valence-electron chi connectivity index (χ1n) is 7.22. The molecule has 0 saturated carbocycles. The topological polar surface area (TPSA) is 55.9 Å². The molecule has 0 amide bonds. The molecule has 5 heteroatoms. The third-order valence-electron chi connectivity index (χ3n) is 3.26. The van der Waals surface area contributed by atoms with Crippen molar-refractivity contribution in [3.8, 4) is 5.69 Å². The number of para-hydroxylation sites is 1. The Hall–Kier alpha value is -1.52. The fourth-order valence-corrected chi connectivity index (χ4v) is 2.55. The van der Waals surface area contributed by atoms with Crippen LogP contribution in [0.3, 0.4) is 0 Å². The number of nitrogens with zero attached hydrogens (tertiary/aromatic N) is 2. The summed E-state index contributed by atoms with van der Waals surface area (Å²) in [5.74, 6) is 0. The van der Waals surface area contributed by atoms with Gasteiger partial charge in [-0.25, -0.2) is 4.68 Å². The number of aromatic nitrogens is 2. The van der Waals surface area contributed by atoms with Crippen LogP contribution >= 0.6 is 11.6 Å². The SMILES string of the molecule is CC(C)(C)c1c(NCCCN)cnn1-c1ccccc1Cl. The molecule has 2 rings (SSSR count). The summed E-state index contributed by atoms with van der Waals surface area (Å²) in [6, 6.07) is 7.75. The van der Waals surface area contributed by atoms with E-state index in [0.717, 1.165) is 30.0 Å². The van der Waals surface area contributed by atoms with Crippen LogP contribution in [0.4, 0.5) is 5.69 Å². The maximum absolute atomic E-state index is 6.32. The summed E-state index contributed by atoms with van der Waals surface area (Å²) in [4.78, 5) is 0. The van der Waals surface area contributed by atoms with E-state index in [0.29, 0.717) is 11.6 Å². The molecule has 1 aromatic heterocycles. The number of benzene rings is 1. The predicted octanol–water partition coefficient (Wildman–Crippen LogP) is 3.58. The van der Waals surface area contributed by atoms with Crippen LogP contribution in [-0.4, -0.2) is 22.9 Å². The number of nitrogens with one attached hydrogen (secondary N) is 1. The first-order chi connectivity index (χ1) is 9.95. The molecule has 0 bridgehead atoms. The molecule has 4 nitrogen and oxygen atoms in total. The maximum Gasteiger partial charge on any atom is 0.0836 e. The summed E-state index contributed by atoms with van der Waals surface area (Å²) in [5.41, 5.74) is 8.55. The Labute approximate surface area is 131 Å². The molecule has 0 aliphatic rings. The number of halogens is 1. The summed E-state index contributed by atoms with van der Waals surface area (Å²) in [6.07, 6.45) is 2.79.